The van der Waals surface area contributed by atoms with E-state index in [4.69, 9.17) is 0 Å². The molecule has 4 aromatic rings. The second-order valence-corrected chi connectivity index (χ2v) is 11.9. The molecule has 0 heterocycles. The number of aryl methyl sites for hydroxylation is 1. The molecule has 0 radical (unpaired) electrons. The van der Waals surface area contributed by atoms with E-state index in [9.17, 15) is 0 Å². The van der Waals surface area contributed by atoms with Crippen molar-refractivity contribution in [3.63, 3.8) is 0 Å². The number of rotatable bonds is 4. The fourth-order valence-corrected chi connectivity index (χ4v) is 9.18. The first-order chi connectivity index (χ1) is 16.3. The van der Waals surface area contributed by atoms with Gasteiger partial charge in [0.2, 0.25) is 0 Å². The first-order valence-corrected chi connectivity index (χ1v) is 14.1. The average Bonchev–Trinajstić information content (AvgIpc) is 3.53. The molecule has 171 valence electrons. The van der Waals surface area contributed by atoms with Gasteiger partial charge in [-0.25, -0.2) is 0 Å². The van der Waals surface area contributed by atoms with Crippen LogP contribution in [0.3, 0.4) is 0 Å². The van der Waals surface area contributed by atoms with E-state index in [1.807, 2.05) is 0 Å². The minimum absolute atomic E-state index is 0. The Morgan fingerprint density at radius 3 is 2.00 bits per heavy atom. The quantitative estimate of drug-likeness (QED) is 0.301. The SMILES string of the molecule is Cc1cc(C2=CC=CC2)[c]([Zr+2]=[C](c2ccccc2)c2ccccc2)c2c1-c1ccccc1C2.[Cl-].[Cl-]. The zero-order valence-corrected chi connectivity index (χ0v) is 23.5. The van der Waals surface area contributed by atoms with E-state index in [1.165, 1.54) is 44.5 Å². The van der Waals surface area contributed by atoms with Crippen LogP contribution in [-0.4, -0.2) is 3.21 Å². The number of benzene rings is 4. The maximum Gasteiger partial charge on any atom is -1.00 e. The van der Waals surface area contributed by atoms with E-state index in [0.29, 0.717) is 0 Å². The standard InChI is InChI=1S/C19H15.C13H10.2ClH.Zr/c1-13-10-16(14-6-2-3-7-14)12-17-11-15-8-4-5-9-18(15)19(13)17;1-3-7-12(8-4-1)11-13-9-5-2-6-10-13;;;/h2-6,8-10H,7,11H2,1H3;1-10H;2*1H;/q;;;;+2/p-2. The normalized spacial score (nSPS) is 12.5. The van der Waals surface area contributed by atoms with Crippen molar-refractivity contribution in [3.05, 3.63) is 143 Å². The predicted octanol–water partition coefficient (Wildman–Crippen LogP) is 0.894. The Balaban J connectivity index is 0.00000144. The zero-order valence-electron chi connectivity index (χ0n) is 19.6. The summed E-state index contributed by atoms with van der Waals surface area (Å²) in [7, 11) is 0. The zero-order chi connectivity index (χ0) is 22.2. The van der Waals surface area contributed by atoms with Gasteiger partial charge in [-0.1, -0.05) is 0 Å². The summed E-state index contributed by atoms with van der Waals surface area (Å²) < 4.78 is 3.22. The van der Waals surface area contributed by atoms with Crippen molar-refractivity contribution >= 4 is 12.1 Å². The van der Waals surface area contributed by atoms with Crippen LogP contribution in [0.2, 0.25) is 0 Å². The number of fused-ring (bicyclic) bond motifs is 3. The van der Waals surface area contributed by atoms with E-state index in [1.54, 1.807) is 12.0 Å². The molecule has 0 N–H and O–H groups in total. The molecule has 0 saturated carbocycles. The van der Waals surface area contributed by atoms with Gasteiger partial charge in [0, 0.05) is 0 Å². The summed E-state index contributed by atoms with van der Waals surface area (Å²) in [5.41, 5.74) is 13.2. The van der Waals surface area contributed by atoms with Crippen LogP contribution in [0, 0.1) is 6.92 Å². The van der Waals surface area contributed by atoms with Gasteiger partial charge in [0.1, 0.15) is 0 Å². The summed E-state index contributed by atoms with van der Waals surface area (Å²) in [6.45, 7) is 2.31. The summed E-state index contributed by atoms with van der Waals surface area (Å²) in [5.74, 6) is 0. The van der Waals surface area contributed by atoms with E-state index >= 15 is 0 Å². The van der Waals surface area contributed by atoms with E-state index in [0.717, 1.165) is 12.8 Å². The maximum absolute atomic E-state index is 2.49. The predicted molar refractivity (Wildman–Crippen MR) is 137 cm³/mol. The Labute approximate surface area is 231 Å². The van der Waals surface area contributed by atoms with Gasteiger partial charge < -0.3 is 24.8 Å². The van der Waals surface area contributed by atoms with Crippen LogP contribution in [0.1, 0.15) is 39.8 Å². The molecule has 0 fully saturated rings. The molecular formula is C32H25Cl2Zr. The Kier molecular flexibility index (Phi) is 8.23. The van der Waals surface area contributed by atoms with Gasteiger partial charge in [0.15, 0.2) is 0 Å². The minimum Gasteiger partial charge on any atom is -1.00 e. The molecule has 4 aromatic carbocycles. The van der Waals surface area contributed by atoms with E-state index in [-0.39, 0.29) is 24.8 Å². The molecule has 2 aliphatic rings. The van der Waals surface area contributed by atoms with Gasteiger partial charge in [-0.15, -0.1) is 0 Å². The first kappa shape index (κ1) is 25.8. The Morgan fingerprint density at radius 2 is 1.37 bits per heavy atom. The Hall–Kier alpha value is -2.31. The van der Waals surface area contributed by atoms with Crippen LogP contribution in [0.4, 0.5) is 0 Å². The monoisotopic (exact) mass is 569 g/mol. The van der Waals surface area contributed by atoms with Crippen molar-refractivity contribution in [2.24, 2.45) is 0 Å². The molecule has 0 spiro atoms. The molecule has 6 rings (SSSR count). The molecular weight excluding hydrogens is 546 g/mol. The fourth-order valence-electron chi connectivity index (χ4n) is 5.24. The van der Waals surface area contributed by atoms with Crippen molar-refractivity contribution in [3.8, 4) is 11.1 Å². The van der Waals surface area contributed by atoms with Crippen molar-refractivity contribution in [2.75, 3.05) is 0 Å². The largest absolute Gasteiger partial charge is 1.00 e. The number of allylic oxidation sites excluding steroid dienone is 4. The van der Waals surface area contributed by atoms with Crippen LogP contribution in [0.15, 0.2) is 109 Å². The third-order valence-electron chi connectivity index (χ3n) is 6.77. The molecule has 2 aliphatic carbocycles. The second-order valence-electron chi connectivity index (χ2n) is 8.86. The van der Waals surface area contributed by atoms with Crippen molar-refractivity contribution in [1.82, 2.24) is 0 Å². The molecule has 0 unspecified atom stereocenters. The number of halogens is 2. The molecule has 0 aromatic heterocycles. The molecule has 0 atom stereocenters. The summed E-state index contributed by atoms with van der Waals surface area (Å²) in [4.78, 5) is 0. The Bertz CT molecular complexity index is 1410. The van der Waals surface area contributed by atoms with Crippen LogP contribution in [-0.2, 0) is 29.2 Å². The van der Waals surface area contributed by atoms with Gasteiger partial charge >= 0.3 is 208 Å². The fraction of sp³-hybridized carbons (Fsp3) is 0.0938. The number of hydrogen-bond acceptors (Lipinski definition) is 0. The van der Waals surface area contributed by atoms with Crippen molar-refractivity contribution in [2.45, 2.75) is 19.8 Å². The summed E-state index contributed by atoms with van der Waals surface area (Å²) in [6.07, 6.45) is 8.95. The van der Waals surface area contributed by atoms with Crippen LogP contribution >= 0.6 is 0 Å². The molecule has 0 aliphatic heterocycles. The smallest absolute Gasteiger partial charge is 1.00 e. The molecule has 0 amide bonds. The molecule has 0 saturated heterocycles. The van der Waals surface area contributed by atoms with Gasteiger partial charge in [-0.05, 0) is 0 Å². The molecule has 3 heteroatoms. The summed E-state index contributed by atoms with van der Waals surface area (Å²) in [5, 5.41) is 0. The Morgan fingerprint density at radius 1 is 0.743 bits per heavy atom. The maximum atomic E-state index is 2.49. The van der Waals surface area contributed by atoms with Crippen LogP contribution in [0.25, 0.3) is 16.7 Å². The van der Waals surface area contributed by atoms with Gasteiger partial charge in [0.25, 0.3) is 0 Å². The van der Waals surface area contributed by atoms with E-state index < -0.39 is 22.8 Å². The third kappa shape index (κ3) is 4.88. The molecule has 0 nitrogen and oxygen atoms in total. The molecule has 35 heavy (non-hydrogen) atoms. The van der Waals surface area contributed by atoms with E-state index in [2.05, 4.69) is 116 Å². The number of hydrogen-bond donors (Lipinski definition) is 0. The van der Waals surface area contributed by atoms with Gasteiger partial charge in [-0.2, -0.15) is 0 Å². The van der Waals surface area contributed by atoms with Crippen LogP contribution in [0.5, 0.6) is 0 Å². The van der Waals surface area contributed by atoms with Crippen molar-refractivity contribution in [1.29, 1.82) is 0 Å². The topological polar surface area (TPSA) is 0 Å². The van der Waals surface area contributed by atoms with Gasteiger partial charge in [-0.3, -0.25) is 0 Å². The summed E-state index contributed by atoms with van der Waals surface area (Å²) in [6, 6.07) is 33.6. The molecule has 0 bridgehead atoms. The first-order valence-electron chi connectivity index (χ1n) is 11.7. The van der Waals surface area contributed by atoms with Gasteiger partial charge in [0.05, 0.1) is 0 Å². The van der Waals surface area contributed by atoms with Crippen LogP contribution < -0.4 is 28.1 Å². The third-order valence-corrected chi connectivity index (χ3v) is 10.8. The van der Waals surface area contributed by atoms with Crippen molar-refractivity contribution < 1.29 is 47.6 Å². The summed E-state index contributed by atoms with van der Waals surface area (Å²) >= 11 is -1.14. The second kappa shape index (κ2) is 11.2. The average molecular weight is 572 g/mol. The minimum atomic E-state index is -1.14.